The molecule has 1 N–H and O–H groups in total. The van der Waals surface area contributed by atoms with Crippen LogP contribution in [-0.4, -0.2) is 16.2 Å². The van der Waals surface area contributed by atoms with Crippen LogP contribution in [0.3, 0.4) is 0 Å². The van der Waals surface area contributed by atoms with Crippen molar-refractivity contribution in [3.8, 4) is 5.75 Å². The van der Waals surface area contributed by atoms with Crippen molar-refractivity contribution < 1.29 is 10.0 Å². The fourth-order valence-electron chi connectivity index (χ4n) is 2.30. The van der Waals surface area contributed by atoms with E-state index in [0.29, 0.717) is 0 Å². The standard InChI is InChI=1S/C19H15N3O3/c23-19-12-11-18(22(24)25)13-15(19)14-20-21(16-7-3-1-4-8-16)17-9-5-2-6-10-17/h1-14,23H/b20-14-. The van der Waals surface area contributed by atoms with E-state index in [1.54, 1.807) is 5.01 Å². The second kappa shape index (κ2) is 7.27. The third-order valence-electron chi connectivity index (χ3n) is 3.54. The number of benzene rings is 3. The molecule has 0 unspecified atom stereocenters. The molecule has 0 amide bonds. The van der Waals surface area contributed by atoms with Crippen molar-refractivity contribution in [1.82, 2.24) is 0 Å². The summed E-state index contributed by atoms with van der Waals surface area (Å²) >= 11 is 0. The van der Waals surface area contributed by atoms with E-state index in [0.717, 1.165) is 11.4 Å². The van der Waals surface area contributed by atoms with Gasteiger partial charge in [-0.05, 0) is 30.3 Å². The lowest BCUT2D eigenvalue weighted by Crippen LogP contribution is -2.09. The van der Waals surface area contributed by atoms with Crippen LogP contribution in [-0.2, 0) is 0 Å². The number of phenolic OH excluding ortho intramolecular Hbond substituents is 1. The smallest absolute Gasteiger partial charge is 0.270 e. The van der Waals surface area contributed by atoms with Gasteiger partial charge in [0.25, 0.3) is 5.69 Å². The van der Waals surface area contributed by atoms with Gasteiger partial charge in [0, 0.05) is 17.7 Å². The first-order chi connectivity index (χ1) is 12.1. The fourth-order valence-corrected chi connectivity index (χ4v) is 2.30. The van der Waals surface area contributed by atoms with E-state index in [4.69, 9.17) is 0 Å². The van der Waals surface area contributed by atoms with Crippen LogP contribution in [0.4, 0.5) is 17.1 Å². The quantitative estimate of drug-likeness (QED) is 0.424. The van der Waals surface area contributed by atoms with Crippen LogP contribution in [0.25, 0.3) is 0 Å². The zero-order valence-corrected chi connectivity index (χ0v) is 13.2. The molecule has 0 atom stereocenters. The first-order valence-corrected chi connectivity index (χ1v) is 7.57. The molecule has 3 rings (SSSR count). The lowest BCUT2D eigenvalue weighted by molar-refractivity contribution is -0.384. The molecule has 0 bridgehead atoms. The number of para-hydroxylation sites is 2. The van der Waals surface area contributed by atoms with Gasteiger partial charge < -0.3 is 5.11 Å². The van der Waals surface area contributed by atoms with Crippen LogP contribution >= 0.6 is 0 Å². The highest BCUT2D eigenvalue weighted by atomic mass is 16.6. The second-order valence-electron chi connectivity index (χ2n) is 5.23. The van der Waals surface area contributed by atoms with Crippen LogP contribution in [0.2, 0.25) is 0 Å². The summed E-state index contributed by atoms with van der Waals surface area (Å²) < 4.78 is 0. The third kappa shape index (κ3) is 3.81. The Morgan fingerprint density at radius 1 is 0.920 bits per heavy atom. The molecule has 0 spiro atoms. The molecule has 3 aromatic carbocycles. The molecule has 0 aliphatic carbocycles. The van der Waals surface area contributed by atoms with E-state index in [2.05, 4.69) is 5.10 Å². The number of hydrogen-bond donors (Lipinski definition) is 1. The number of non-ortho nitro benzene ring substituents is 1. The number of anilines is 2. The molecule has 124 valence electrons. The van der Waals surface area contributed by atoms with Crippen LogP contribution in [0.5, 0.6) is 5.75 Å². The van der Waals surface area contributed by atoms with Gasteiger partial charge in [-0.25, -0.2) is 5.01 Å². The lowest BCUT2D eigenvalue weighted by atomic mass is 10.2. The molecule has 3 aromatic rings. The molecule has 0 radical (unpaired) electrons. The maximum absolute atomic E-state index is 10.9. The molecule has 6 heteroatoms. The van der Waals surface area contributed by atoms with E-state index >= 15 is 0 Å². The molecule has 0 aliphatic heterocycles. The molecule has 25 heavy (non-hydrogen) atoms. The first-order valence-electron chi connectivity index (χ1n) is 7.57. The number of hydrazone groups is 1. The van der Waals surface area contributed by atoms with E-state index < -0.39 is 4.92 Å². The van der Waals surface area contributed by atoms with Gasteiger partial charge in [0.1, 0.15) is 5.75 Å². The van der Waals surface area contributed by atoms with Crippen molar-refractivity contribution in [2.75, 3.05) is 5.01 Å². The highest BCUT2D eigenvalue weighted by Crippen LogP contribution is 2.26. The molecule has 0 aromatic heterocycles. The summed E-state index contributed by atoms with van der Waals surface area (Å²) in [5, 5.41) is 27.0. The molecular formula is C19H15N3O3. The van der Waals surface area contributed by atoms with Gasteiger partial charge >= 0.3 is 0 Å². The van der Waals surface area contributed by atoms with Crippen molar-refractivity contribution in [3.63, 3.8) is 0 Å². The maximum atomic E-state index is 10.9. The monoisotopic (exact) mass is 333 g/mol. The Labute approximate surface area is 144 Å². The number of rotatable bonds is 5. The Hall–Kier alpha value is -3.67. The summed E-state index contributed by atoms with van der Waals surface area (Å²) in [6, 6.07) is 22.8. The number of hydrogen-bond acceptors (Lipinski definition) is 5. The molecule has 0 saturated heterocycles. The highest BCUT2D eigenvalue weighted by molar-refractivity contribution is 5.86. The normalized spacial score (nSPS) is 10.7. The maximum Gasteiger partial charge on any atom is 0.270 e. The molecular weight excluding hydrogens is 318 g/mol. The fraction of sp³-hybridized carbons (Fsp3) is 0. The van der Waals surface area contributed by atoms with Crippen LogP contribution in [0, 0.1) is 10.1 Å². The van der Waals surface area contributed by atoms with Crippen molar-refractivity contribution in [1.29, 1.82) is 0 Å². The summed E-state index contributed by atoms with van der Waals surface area (Å²) in [6.45, 7) is 0. The summed E-state index contributed by atoms with van der Waals surface area (Å²) in [5.41, 5.74) is 1.82. The lowest BCUT2D eigenvalue weighted by Gasteiger charge is -2.19. The Morgan fingerprint density at radius 2 is 1.48 bits per heavy atom. The second-order valence-corrected chi connectivity index (χ2v) is 5.23. The molecule has 0 heterocycles. The summed E-state index contributed by atoms with van der Waals surface area (Å²) in [5.74, 6) is -0.0737. The average molecular weight is 333 g/mol. The van der Waals surface area contributed by atoms with Gasteiger partial charge in [-0.15, -0.1) is 0 Å². The number of nitro benzene ring substituents is 1. The van der Waals surface area contributed by atoms with Gasteiger partial charge in [0.2, 0.25) is 0 Å². The van der Waals surface area contributed by atoms with Gasteiger partial charge in [0.15, 0.2) is 0 Å². The van der Waals surface area contributed by atoms with Gasteiger partial charge in [0.05, 0.1) is 22.5 Å². The minimum atomic E-state index is -0.511. The Morgan fingerprint density at radius 3 is 2.00 bits per heavy atom. The molecule has 6 nitrogen and oxygen atoms in total. The Balaban J connectivity index is 2.00. The largest absolute Gasteiger partial charge is 0.507 e. The molecule has 0 saturated carbocycles. The number of phenols is 1. The van der Waals surface area contributed by atoms with E-state index in [1.807, 2.05) is 60.7 Å². The minimum absolute atomic E-state index is 0.0737. The summed E-state index contributed by atoms with van der Waals surface area (Å²) in [7, 11) is 0. The van der Waals surface area contributed by atoms with Crippen molar-refractivity contribution >= 4 is 23.3 Å². The zero-order chi connectivity index (χ0) is 17.6. The predicted octanol–water partition coefficient (Wildman–Crippen LogP) is 4.47. The zero-order valence-electron chi connectivity index (χ0n) is 13.2. The van der Waals surface area contributed by atoms with Crippen LogP contribution < -0.4 is 5.01 Å². The van der Waals surface area contributed by atoms with Crippen molar-refractivity contribution in [2.45, 2.75) is 0 Å². The molecule has 0 aliphatic rings. The van der Waals surface area contributed by atoms with Crippen LogP contribution in [0.1, 0.15) is 5.56 Å². The number of nitrogens with zero attached hydrogens (tertiary/aromatic N) is 3. The SMILES string of the molecule is O=[N+]([O-])c1ccc(O)c(/C=N\N(c2ccccc2)c2ccccc2)c1. The summed E-state index contributed by atoms with van der Waals surface area (Å²) in [6.07, 6.45) is 1.41. The van der Waals surface area contributed by atoms with Gasteiger partial charge in [-0.1, -0.05) is 36.4 Å². The number of aromatic hydroxyl groups is 1. The van der Waals surface area contributed by atoms with E-state index in [9.17, 15) is 15.2 Å². The first kappa shape index (κ1) is 16.2. The van der Waals surface area contributed by atoms with Gasteiger partial charge in [-0.3, -0.25) is 10.1 Å². The average Bonchev–Trinajstić information content (AvgIpc) is 2.65. The Bertz CT molecular complexity index is 857. The van der Waals surface area contributed by atoms with Crippen molar-refractivity contribution in [3.05, 3.63) is 94.5 Å². The predicted molar refractivity (Wildman–Crippen MR) is 97.4 cm³/mol. The minimum Gasteiger partial charge on any atom is -0.507 e. The van der Waals surface area contributed by atoms with Crippen molar-refractivity contribution in [2.24, 2.45) is 5.10 Å². The highest BCUT2D eigenvalue weighted by Gasteiger charge is 2.11. The third-order valence-corrected chi connectivity index (χ3v) is 3.54. The summed E-state index contributed by atoms with van der Waals surface area (Å²) in [4.78, 5) is 10.4. The molecule has 0 fully saturated rings. The number of nitro groups is 1. The van der Waals surface area contributed by atoms with Gasteiger partial charge in [-0.2, -0.15) is 5.10 Å². The topological polar surface area (TPSA) is 79.0 Å². The van der Waals surface area contributed by atoms with E-state index in [1.165, 1.54) is 24.4 Å². The van der Waals surface area contributed by atoms with Crippen LogP contribution in [0.15, 0.2) is 84.0 Å². The Kier molecular flexibility index (Phi) is 4.71. The van der Waals surface area contributed by atoms with E-state index in [-0.39, 0.29) is 17.0 Å².